The zero-order chi connectivity index (χ0) is 12.7. The van der Waals surface area contributed by atoms with Gasteiger partial charge in [0.2, 0.25) is 0 Å². The molecule has 0 aliphatic rings. The lowest BCUT2D eigenvalue weighted by atomic mass is 10.1. The first-order chi connectivity index (χ1) is 8.15. The summed E-state index contributed by atoms with van der Waals surface area (Å²) in [6, 6.07) is 8.66. The van der Waals surface area contributed by atoms with Crippen LogP contribution >= 0.6 is 0 Å². The highest BCUT2D eigenvalue weighted by Gasteiger charge is 2.07. The molecule has 0 spiro atoms. The summed E-state index contributed by atoms with van der Waals surface area (Å²) < 4.78 is 0. The molecule has 4 heteroatoms. The highest BCUT2D eigenvalue weighted by atomic mass is 16.7. The third-order valence-corrected chi connectivity index (χ3v) is 2.78. The molecule has 0 saturated heterocycles. The minimum atomic E-state index is -0.873. The van der Waals surface area contributed by atoms with E-state index < -0.39 is 6.29 Å². The Labute approximate surface area is 103 Å². The lowest BCUT2D eigenvalue weighted by Gasteiger charge is -2.16. The fourth-order valence-corrected chi connectivity index (χ4v) is 1.65. The van der Waals surface area contributed by atoms with Crippen LogP contribution in [0.3, 0.4) is 0 Å². The molecule has 2 unspecified atom stereocenters. The summed E-state index contributed by atoms with van der Waals surface area (Å²) in [6.45, 7) is 4.20. The summed E-state index contributed by atoms with van der Waals surface area (Å²) in [5.74, 6) is 4.87. The molecule has 1 rings (SSSR count). The SMILES string of the molecule is CCc1ccc(NC(C)CCC(O)ON)cc1. The predicted molar refractivity (Wildman–Crippen MR) is 69.4 cm³/mol. The molecule has 17 heavy (non-hydrogen) atoms. The summed E-state index contributed by atoms with van der Waals surface area (Å²) in [7, 11) is 0. The minimum Gasteiger partial charge on any atom is -0.383 e. The van der Waals surface area contributed by atoms with E-state index in [1.807, 2.05) is 0 Å². The van der Waals surface area contributed by atoms with Gasteiger partial charge < -0.3 is 10.4 Å². The standard InChI is InChI=1S/C13H22N2O2/c1-3-11-5-7-12(8-6-11)15-10(2)4-9-13(16)17-14/h5-8,10,13,15-16H,3-4,9,14H2,1-2H3. The molecule has 2 atom stereocenters. The Hall–Kier alpha value is -1.10. The fourth-order valence-electron chi connectivity index (χ4n) is 1.65. The zero-order valence-corrected chi connectivity index (χ0v) is 10.5. The van der Waals surface area contributed by atoms with Crippen LogP contribution in [-0.2, 0) is 11.3 Å². The number of aliphatic hydroxyl groups excluding tert-OH is 1. The number of anilines is 1. The van der Waals surface area contributed by atoms with Crippen LogP contribution < -0.4 is 11.2 Å². The molecule has 1 aromatic rings. The van der Waals surface area contributed by atoms with Gasteiger partial charge >= 0.3 is 0 Å². The van der Waals surface area contributed by atoms with Gasteiger partial charge in [0, 0.05) is 18.2 Å². The number of rotatable bonds is 7. The summed E-state index contributed by atoms with van der Waals surface area (Å²) in [6.07, 6.45) is 1.50. The number of aryl methyl sites for hydroxylation is 1. The quantitative estimate of drug-likeness (QED) is 0.502. The van der Waals surface area contributed by atoms with Crippen molar-refractivity contribution in [3.05, 3.63) is 29.8 Å². The molecule has 0 aliphatic carbocycles. The third kappa shape index (κ3) is 5.17. The van der Waals surface area contributed by atoms with Crippen LogP contribution in [0.15, 0.2) is 24.3 Å². The van der Waals surface area contributed by atoms with Gasteiger partial charge in [0.15, 0.2) is 6.29 Å². The average Bonchev–Trinajstić information content (AvgIpc) is 2.36. The van der Waals surface area contributed by atoms with Crippen molar-refractivity contribution in [3.8, 4) is 0 Å². The molecule has 0 bridgehead atoms. The number of benzene rings is 1. The van der Waals surface area contributed by atoms with Crippen LogP contribution in [0.2, 0.25) is 0 Å². The summed E-state index contributed by atoms with van der Waals surface area (Å²) in [4.78, 5) is 4.31. The van der Waals surface area contributed by atoms with Crippen LogP contribution in [0.5, 0.6) is 0 Å². The minimum absolute atomic E-state index is 0.271. The second-order valence-electron chi connectivity index (χ2n) is 4.26. The second-order valence-corrected chi connectivity index (χ2v) is 4.26. The van der Waals surface area contributed by atoms with E-state index in [4.69, 9.17) is 11.0 Å². The molecule has 0 saturated carbocycles. The Bertz CT molecular complexity index is 314. The van der Waals surface area contributed by atoms with Gasteiger partial charge in [0.1, 0.15) is 0 Å². The van der Waals surface area contributed by atoms with Crippen LogP contribution in [0.1, 0.15) is 32.3 Å². The van der Waals surface area contributed by atoms with Gasteiger partial charge in [0.05, 0.1) is 0 Å². The molecule has 4 N–H and O–H groups in total. The van der Waals surface area contributed by atoms with Crippen molar-refractivity contribution in [1.29, 1.82) is 0 Å². The normalized spacial score (nSPS) is 14.4. The largest absolute Gasteiger partial charge is 0.383 e. The highest BCUT2D eigenvalue weighted by Crippen LogP contribution is 2.13. The summed E-state index contributed by atoms with van der Waals surface area (Å²) >= 11 is 0. The first-order valence-electron chi connectivity index (χ1n) is 6.04. The predicted octanol–water partition coefficient (Wildman–Crippen LogP) is 2.04. The third-order valence-electron chi connectivity index (χ3n) is 2.78. The van der Waals surface area contributed by atoms with Crippen LogP contribution in [0, 0.1) is 0 Å². The smallest absolute Gasteiger partial charge is 0.174 e. The molecular weight excluding hydrogens is 216 g/mol. The molecule has 0 fully saturated rings. The van der Waals surface area contributed by atoms with E-state index in [1.165, 1.54) is 5.56 Å². The van der Waals surface area contributed by atoms with Crippen molar-refractivity contribution in [3.63, 3.8) is 0 Å². The van der Waals surface area contributed by atoms with E-state index in [-0.39, 0.29) is 6.04 Å². The number of nitrogens with two attached hydrogens (primary N) is 1. The van der Waals surface area contributed by atoms with Crippen molar-refractivity contribution >= 4 is 5.69 Å². The maximum atomic E-state index is 9.17. The second kappa shape index (κ2) is 7.27. The average molecular weight is 238 g/mol. The van der Waals surface area contributed by atoms with E-state index in [2.05, 4.69) is 48.3 Å². The van der Waals surface area contributed by atoms with Gasteiger partial charge in [-0.05, 0) is 37.5 Å². The van der Waals surface area contributed by atoms with Crippen molar-refractivity contribution in [2.45, 2.75) is 45.4 Å². The lowest BCUT2D eigenvalue weighted by Crippen LogP contribution is -2.21. The molecular formula is C13H22N2O2. The summed E-state index contributed by atoms with van der Waals surface area (Å²) in [5, 5.41) is 12.5. The van der Waals surface area contributed by atoms with E-state index in [9.17, 15) is 0 Å². The Kier molecular flexibility index (Phi) is 5.97. The van der Waals surface area contributed by atoms with Crippen LogP contribution in [-0.4, -0.2) is 17.4 Å². The van der Waals surface area contributed by atoms with Crippen LogP contribution in [0.4, 0.5) is 5.69 Å². The summed E-state index contributed by atoms with van der Waals surface area (Å²) in [5.41, 5.74) is 2.42. The Morgan fingerprint density at radius 2 is 1.94 bits per heavy atom. The molecule has 0 aromatic heterocycles. The highest BCUT2D eigenvalue weighted by molar-refractivity contribution is 5.45. The zero-order valence-electron chi connectivity index (χ0n) is 10.5. The van der Waals surface area contributed by atoms with E-state index >= 15 is 0 Å². The number of hydrogen-bond acceptors (Lipinski definition) is 4. The Morgan fingerprint density at radius 1 is 1.29 bits per heavy atom. The van der Waals surface area contributed by atoms with E-state index in [0.717, 1.165) is 18.5 Å². The lowest BCUT2D eigenvalue weighted by molar-refractivity contribution is -0.107. The van der Waals surface area contributed by atoms with E-state index in [0.29, 0.717) is 6.42 Å². The van der Waals surface area contributed by atoms with Gasteiger partial charge in [-0.3, -0.25) is 4.84 Å². The van der Waals surface area contributed by atoms with Gasteiger partial charge in [-0.15, -0.1) is 0 Å². The molecule has 96 valence electrons. The maximum absolute atomic E-state index is 9.17. The Morgan fingerprint density at radius 3 is 2.47 bits per heavy atom. The number of nitrogens with one attached hydrogen (secondary N) is 1. The van der Waals surface area contributed by atoms with Crippen molar-refractivity contribution in [1.82, 2.24) is 0 Å². The van der Waals surface area contributed by atoms with Crippen molar-refractivity contribution in [2.75, 3.05) is 5.32 Å². The molecule has 1 aromatic carbocycles. The first-order valence-corrected chi connectivity index (χ1v) is 6.04. The van der Waals surface area contributed by atoms with Gasteiger partial charge in [-0.2, -0.15) is 0 Å². The van der Waals surface area contributed by atoms with Crippen molar-refractivity contribution in [2.24, 2.45) is 5.90 Å². The topological polar surface area (TPSA) is 67.5 Å². The van der Waals surface area contributed by atoms with Gasteiger partial charge in [-0.25, -0.2) is 5.90 Å². The monoisotopic (exact) mass is 238 g/mol. The molecule has 4 nitrogen and oxygen atoms in total. The first kappa shape index (κ1) is 14.0. The molecule has 0 heterocycles. The molecule has 0 radical (unpaired) electrons. The van der Waals surface area contributed by atoms with Gasteiger partial charge in [-0.1, -0.05) is 19.1 Å². The number of aliphatic hydroxyl groups is 1. The van der Waals surface area contributed by atoms with Crippen molar-refractivity contribution < 1.29 is 9.94 Å². The maximum Gasteiger partial charge on any atom is 0.174 e. The Balaban J connectivity index is 2.36. The molecule has 0 aliphatic heterocycles. The van der Waals surface area contributed by atoms with Crippen LogP contribution in [0.25, 0.3) is 0 Å². The van der Waals surface area contributed by atoms with E-state index in [1.54, 1.807) is 0 Å². The molecule has 0 amide bonds. The fraction of sp³-hybridized carbons (Fsp3) is 0.538. The number of hydrogen-bond donors (Lipinski definition) is 3. The van der Waals surface area contributed by atoms with Gasteiger partial charge in [0.25, 0.3) is 0 Å².